The first-order valence-corrected chi connectivity index (χ1v) is 10.2. The van der Waals surface area contributed by atoms with Crippen LogP contribution in [0.5, 0.6) is 0 Å². The molecule has 0 bridgehead atoms. The second-order valence-corrected chi connectivity index (χ2v) is 8.23. The quantitative estimate of drug-likeness (QED) is 0.789. The third kappa shape index (κ3) is 5.41. The van der Waals surface area contributed by atoms with Crippen LogP contribution in [0.3, 0.4) is 0 Å². The molecular weight excluding hydrogens is 355 g/mol. The highest BCUT2D eigenvalue weighted by molar-refractivity contribution is 5.92. The molecule has 1 atom stereocenters. The average molecular weight is 387 g/mol. The van der Waals surface area contributed by atoms with Crippen molar-refractivity contribution in [2.75, 3.05) is 33.2 Å². The van der Waals surface area contributed by atoms with Gasteiger partial charge in [0.2, 0.25) is 0 Å². The highest BCUT2D eigenvalue weighted by Gasteiger charge is 2.24. The largest absolute Gasteiger partial charge is 0.340 e. The topological polar surface area (TPSA) is 52.2 Å². The lowest BCUT2D eigenvalue weighted by Crippen LogP contribution is -2.42. The Bertz CT molecular complexity index is 771. The van der Waals surface area contributed by atoms with Gasteiger partial charge in [0, 0.05) is 32.4 Å². The van der Waals surface area contributed by atoms with Crippen molar-refractivity contribution in [1.82, 2.24) is 20.0 Å². The smallest absolute Gasteiger partial charge is 0.274 e. The Morgan fingerprint density at radius 1 is 1.36 bits per heavy atom. The zero-order chi connectivity index (χ0) is 20.1. The van der Waals surface area contributed by atoms with Crippen molar-refractivity contribution in [2.24, 2.45) is 5.92 Å². The van der Waals surface area contributed by atoms with Crippen molar-refractivity contribution in [3.8, 4) is 0 Å². The van der Waals surface area contributed by atoms with Crippen LogP contribution in [0.15, 0.2) is 30.3 Å². The van der Waals surface area contributed by atoms with Gasteiger partial charge in [-0.2, -0.15) is 5.10 Å². The second kappa shape index (κ2) is 9.32. The molecule has 0 saturated carbocycles. The monoisotopic (exact) mass is 386 g/mol. The first-order valence-electron chi connectivity index (χ1n) is 10.2. The van der Waals surface area contributed by atoms with E-state index in [1.807, 2.05) is 25.2 Å². The molecule has 1 aromatic heterocycles. The van der Waals surface area contributed by atoms with Gasteiger partial charge >= 0.3 is 0 Å². The Morgan fingerprint density at radius 3 is 2.79 bits per heavy atom. The van der Waals surface area contributed by atoms with E-state index in [0.717, 1.165) is 56.7 Å². The molecule has 2 heterocycles. The number of aromatic nitrogens is 2. The van der Waals surface area contributed by atoms with Crippen LogP contribution in [0.25, 0.3) is 0 Å². The number of hydrogen-bond donors (Lipinski definition) is 1. The Balaban J connectivity index is 1.49. The molecule has 1 aliphatic heterocycles. The van der Waals surface area contributed by atoms with Gasteiger partial charge in [-0.25, -0.2) is 4.39 Å². The lowest BCUT2D eigenvalue weighted by molar-refractivity contribution is 0.0724. The number of amides is 1. The lowest BCUT2D eigenvalue weighted by atomic mass is 9.97. The van der Waals surface area contributed by atoms with Gasteiger partial charge in [-0.15, -0.1) is 0 Å². The molecule has 1 saturated heterocycles. The van der Waals surface area contributed by atoms with Gasteiger partial charge in [-0.3, -0.25) is 9.89 Å². The van der Waals surface area contributed by atoms with Gasteiger partial charge in [-0.1, -0.05) is 26.0 Å². The van der Waals surface area contributed by atoms with Crippen molar-refractivity contribution in [2.45, 2.75) is 39.0 Å². The summed E-state index contributed by atoms with van der Waals surface area (Å²) in [6, 6.07) is 8.62. The lowest BCUT2D eigenvalue weighted by Gasteiger charge is -2.34. The average Bonchev–Trinajstić information content (AvgIpc) is 3.18. The molecule has 1 aliphatic rings. The van der Waals surface area contributed by atoms with Gasteiger partial charge in [-0.05, 0) is 61.4 Å². The summed E-state index contributed by atoms with van der Waals surface area (Å²) < 4.78 is 13.0. The third-order valence-corrected chi connectivity index (χ3v) is 5.55. The molecule has 1 amide bonds. The van der Waals surface area contributed by atoms with E-state index >= 15 is 0 Å². The van der Waals surface area contributed by atoms with Gasteiger partial charge < -0.3 is 9.80 Å². The minimum absolute atomic E-state index is 0.0217. The number of carbonyl (C=O) groups is 1. The number of likely N-dealkylation sites (tertiary alicyclic amines) is 1. The fraction of sp³-hybridized carbons (Fsp3) is 0.545. The van der Waals surface area contributed by atoms with E-state index in [2.05, 4.69) is 28.9 Å². The summed E-state index contributed by atoms with van der Waals surface area (Å²) in [7, 11) is 1.86. The molecule has 2 aromatic rings. The third-order valence-electron chi connectivity index (χ3n) is 5.55. The molecule has 1 fully saturated rings. The van der Waals surface area contributed by atoms with Crippen molar-refractivity contribution >= 4 is 5.91 Å². The molecule has 0 spiro atoms. The maximum Gasteiger partial charge on any atom is 0.274 e. The molecule has 0 radical (unpaired) electrons. The molecular formula is C22H31FN4O. The van der Waals surface area contributed by atoms with Crippen molar-refractivity contribution < 1.29 is 9.18 Å². The predicted octanol–water partition coefficient (Wildman–Crippen LogP) is 3.70. The molecule has 5 nitrogen and oxygen atoms in total. The zero-order valence-corrected chi connectivity index (χ0v) is 17.1. The molecule has 1 aromatic carbocycles. The number of hydrogen-bond acceptors (Lipinski definition) is 3. The fourth-order valence-corrected chi connectivity index (χ4v) is 3.85. The Labute approximate surface area is 166 Å². The number of carbonyl (C=O) groups excluding carboxylic acids is 1. The van der Waals surface area contributed by atoms with Crippen LogP contribution in [-0.4, -0.2) is 59.1 Å². The van der Waals surface area contributed by atoms with Gasteiger partial charge in [0.15, 0.2) is 0 Å². The normalized spacial score (nSPS) is 17.8. The van der Waals surface area contributed by atoms with Crippen molar-refractivity contribution in [3.63, 3.8) is 0 Å². The molecule has 28 heavy (non-hydrogen) atoms. The van der Waals surface area contributed by atoms with Crippen LogP contribution < -0.4 is 0 Å². The SMILES string of the molecule is CC(C)c1cc(C(=O)N(C)C[C@@H]2CCCN(CCc3ccc(F)cc3)C2)n[nH]1. The number of benzene rings is 1. The first kappa shape index (κ1) is 20.5. The second-order valence-electron chi connectivity index (χ2n) is 8.23. The number of H-pyrrole nitrogens is 1. The van der Waals surface area contributed by atoms with E-state index in [1.165, 1.54) is 12.1 Å². The number of piperidine rings is 1. The molecule has 6 heteroatoms. The van der Waals surface area contributed by atoms with Crippen LogP contribution in [0, 0.1) is 11.7 Å². The standard InChI is InChI=1S/C22H31FN4O/c1-16(2)20-13-21(25-24-20)22(28)26(3)14-18-5-4-11-27(15-18)12-10-17-6-8-19(23)9-7-17/h6-9,13,16,18H,4-5,10-12,14-15H2,1-3H3,(H,24,25)/t18-/m0/s1. The summed E-state index contributed by atoms with van der Waals surface area (Å²) in [5.74, 6) is 0.588. The van der Waals surface area contributed by atoms with E-state index < -0.39 is 0 Å². The van der Waals surface area contributed by atoms with E-state index in [-0.39, 0.29) is 11.7 Å². The van der Waals surface area contributed by atoms with Gasteiger partial charge in [0.25, 0.3) is 5.91 Å². The summed E-state index contributed by atoms with van der Waals surface area (Å²) in [5.41, 5.74) is 2.65. The van der Waals surface area contributed by atoms with Crippen LogP contribution in [0.2, 0.25) is 0 Å². The molecule has 1 N–H and O–H groups in total. The number of aromatic amines is 1. The molecule has 0 unspecified atom stereocenters. The maximum absolute atomic E-state index is 13.0. The zero-order valence-electron chi connectivity index (χ0n) is 17.1. The molecule has 3 rings (SSSR count). The highest BCUT2D eigenvalue weighted by atomic mass is 19.1. The van der Waals surface area contributed by atoms with E-state index in [4.69, 9.17) is 0 Å². The Hall–Kier alpha value is -2.21. The number of halogens is 1. The highest BCUT2D eigenvalue weighted by Crippen LogP contribution is 2.19. The van der Waals surface area contributed by atoms with Crippen LogP contribution >= 0.6 is 0 Å². The first-order chi connectivity index (χ1) is 13.4. The number of nitrogens with one attached hydrogen (secondary N) is 1. The Kier molecular flexibility index (Phi) is 6.83. The summed E-state index contributed by atoms with van der Waals surface area (Å²) in [6.07, 6.45) is 3.21. The van der Waals surface area contributed by atoms with E-state index in [0.29, 0.717) is 17.5 Å². The maximum atomic E-state index is 13.0. The van der Waals surface area contributed by atoms with Crippen LogP contribution in [0.1, 0.15) is 54.4 Å². The summed E-state index contributed by atoms with van der Waals surface area (Å²) in [5, 5.41) is 7.14. The van der Waals surface area contributed by atoms with Gasteiger partial charge in [0.05, 0.1) is 0 Å². The van der Waals surface area contributed by atoms with Crippen molar-refractivity contribution in [3.05, 3.63) is 53.1 Å². The number of nitrogens with zero attached hydrogens (tertiary/aromatic N) is 3. The van der Waals surface area contributed by atoms with Crippen LogP contribution in [-0.2, 0) is 6.42 Å². The number of rotatable bonds is 7. The molecule has 0 aliphatic carbocycles. The van der Waals surface area contributed by atoms with Crippen molar-refractivity contribution in [1.29, 1.82) is 0 Å². The molecule has 152 valence electrons. The van der Waals surface area contributed by atoms with Gasteiger partial charge in [0.1, 0.15) is 11.5 Å². The summed E-state index contributed by atoms with van der Waals surface area (Å²) in [6.45, 7) is 7.96. The predicted molar refractivity (Wildman–Crippen MR) is 109 cm³/mol. The Morgan fingerprint density at radius 2 is 2.11 bits per heavy atom. The minimum Gasteiger partial charge on any atom is -0.340 e. The van der Waals surface area contributed by atoms with Crippen LogP contribution in [0.4, 0.5) is 4.39 Å². The van der Waals surface area contributed by atoms with E-state index in [9.17, 15) is 9.18 Å². The van der Waals surface area contributed by atoms with E-state index in [1.54, 1.807) is 4.90 Å². The minimum atomic E-state index is -0.188. The fourth-order valence-electron chi connectivity index (χ4n) is 3.85. The summed E-state index contributed by atoms with van der Waals surface area (Å²) in [4.78, 5) is 16.9. The summed E-state index contributed by atoms with van der Waals surface area (Å²) >= 11 is 0.